The first-order valence-electron chi connectivity index (χ1n) is 20.2. The molecule has 0 unspecified atom stereocenters. The van der Waals surface area contributed by atoms with Crippen LogP contribution in [0.15, 0.2) is 23.4 Å². The number of carbonyl (C=O) groups is 3. The van der Waals surface area contributed by atoms with E-state index < -0.39 is 83.4 Å². The van der Waals surface area contributed by atoms with E-state index in [0.717, 1.165) is 28.3 Å². The molecule has 4 aliphatic heterocycles. The molecule has 6 rings (SSSR count). The van der Waals surface area contributed by atoms with Gasteiger partial charge in [-0.15, -0.1) is 0 Å². The number of hydrogen-bond acceptors (Lipinski definition) is 16. The number of ether oxygens (including phenoxy) is 6. The van der Waals surface area contributed by atoms with Gasteiger partial charge in [0.25, 0.3) is 0 Å². The normalized spacial score (nSPS) is 40.6. The van der Waals surface area contributed by atoms with Crippen LogP contribution in [0.1, 0.15) is 86.6 Å². The molecule has 4 fully saturated rings. The van der Waals surface area contributed by atoms with Crippen molar-refractivity contribution in [3.05, 3.63) is 23.8 Å². The maximum atomic E-state index is 14.5. The first kappa shape index (κ1) is 43.5. The van der Waals surface area contributed by atoms with Gasteiger partial charge in [0, 0.05) is 35.3 Å². The molecule has 1 N–H and O–H groups in total. The number of oxime groups is 1. The molecule has 5 heterocycles. The fourth-order valence-electron chi connectivity index (χ4n) is 9.58. The quantitative estimate of drug-likeness (QED) is 0.300. The lowest BCUT2D eigenvalue weighted by molar-refractivity contribution is -0.302. The highest BCUT2D eigenvalue weighted by Gasteiger charge is 2.57. The Morgan fingerprint density at radius 2 is 1.81 bits per heavy atom. The van der Waals surface area contributed by atoms with Gasteiger partial charge >= 0.3 is 11.9 Å². The van der Waals surface area contributed by atoms with Gasteiger partial charge < -0.3 is 43.3 Å². The van der Waals surface area contributed by atoms with Crippen molar-refractivity contribution >= 4 is 46.2 Å². The van der Waals surface area contributed by atoms with Crippen LogP contribution in [0.25, 0.3) is 11.0 Å². The number of rotatable bonds is 7. The third-order valence-electron chi connectivity index (χ3n) is 12.8. The highest BCUT2D eigenvalue weighted by atomic mass is 32.1. The van der Waals surface area contributed by atoms with Gasteiger partial charge in [-0.2, -0.15) is 8.75 Å². The summed E-state index contributed by atoms with van der Waals surface area (Å²) in [4.78, 5) is 49.7. The molecular weight excluding hydrogens is 757 g/mol. The minimum atomic E-state index is -1.23. The largest absolute Gasteiger partial charge is 0.458 e. The van der Waals surface area contributed by atoms with Crippen molar-refractivity contribution in [2.75, 3.05) is 27.3 Å². The number of nitrogens with zero attached hydrogens (tertiary/aromatic N) is 4. The zero-order chi connectivity index (χ0) is 41.4. The van der Waals surface area contributed by atoms with Crippen LogP contribution in [0.5, 0.6) is 0 Å². The number of Topliss-reactive ketones (excluding diaryl/α,β-unsaturated/α-hetero) is 1. The standard InChI is InChI=1S/C41H60N4O11S/c1-11-31-41(8)28(16-32(46)56-41)23(4)34(47)21(2)17-40(7)37(55-39-35(48)30(45(9)10)15-22(3)53-39)24(5)36(25(6)38(49)54-31)50-19-27(20-51-40)42-52-18-26-13-12-14-29-33(26)44-57-43-29/h12-14,21-25,28,30-31,35-37,39,48H,11,15-20H2,1-10H3/b42-27-/t21-,22-,23-,24-,25-,28+,30+,31-,35-,36+,37-,39+,40-,41+/m1/s1. The second kappa shape index (κ2) is 17.6. The summed E-state index contributed by atoms with van der Waals surface area (Å²) in [5.41, 5.74) is 0.279. The number of aliphatic hydroxyl groups excluding tert-OH is 1. The van der Waals surface area contributed by atoms with E-state index in [1.807, 2.05) is 78.7 Å². The minimum absolute atomic E-state index is 0.0252. The van der Waals surface area contributed by atoms with Crippen LogP contribution in [-0.2, 0) is 54.2 Å². The third kappa shape index (κ3) is 8.92. The first-order chi connectivity index (χ1) is 27.0. The van der Waals surface area contributed by atoms with Crippen LogP contribution >= 0.6 is 11.7 Å². The Morgan fingerprint density at radius 1 is 1.05 bits per heavy atom. The highest BCUT2D eigenvalue weighted by molar-refractivity contribution is 7.00. The van der Waals surface area contributed by atoms with E-state index in [2.05, 4.69) is 13.9 Å². The Hall–Kier alpha value is -3.12. The van der Waals surface area contributed by atoms with Crippen molar-refractivity contribution in [3.63, 3.8) is 0 Å². The van der Waals surface area contributed by atoms with Crippen molar-refractivity contribution in [2.45, 2.75) is 142 Å². The Kier molecular flexibility index (Phi) is 13.4. The topological polar surface area (TPSA) is 177 Å². The predicted molar refractivity (Wildman–Crippen MR) is 210 cm³/mol. The van der Waals surface area contributed by atoms with E-state index in [1.165, 1.54) is 0 Å². The molecule has 14 atom stereocenters. The van der Waals surface area contributed by atoms with Crippen molar-refractivity contribution in [3.8, 4) is 0 Å². The van der Waals surface area contributed by atoms with Crippen LogP contribution in [0.2, 0.25) is 0 Å². The maximum Gasteiger partial charge on any atom is 0.311 e. The lowest BCUT2D eigenvalue weighted by Gasteiger charge is -2.48. The average molecular weight is 817 g/mol. The van der Waals surface area contributed by atoms with Crippen LogP contribution in [-0.4, -0.2) is 124 Å². The average Bonchev–Trinajstić information content (AvgIpc) is 3.79. The number of fused-ring (bicyclic) bond motifs is 5. The van der Waals surface area contributed by atoms with Crippen molar-refractivity contribution < 1.29 is 52.7 Å². The van der Waals surface area contributed by atoms with Gasteiger partial charge in [0.05, 0.1) is 61.2 Å². The highest BCUT2D eigenvalue weighted by Crippen LogP contribution is 2.46. The fraction of sp³-hybridized carbons (Fsp3) is 0.756. The summed E-state index contributed by atoms with van der Waals surface area (Å²) >= 11 is 1.12. The molecule has 0 amide bonds. The maximum absolute atomic E-state index is 14.5. The van der Waals surface area contributed by atoms with E-state index in [4.69, 9.17) is 33.3 Å². The molecule has 1 aromatic carbocycles. The summed E-state index contributed by atoms with van der Waals surface area (Å²) in [6.45, 7) is 14.8. The summed E-state index contributed by atoms with van der Waals surface area (Å²) in [5.74, 6) is -4.25. The van der Waals surface area contributed by atoms with Gasteiger partial charge in [-0.1, -0.05) is 45.0 Å². The molecular formula is C41H60N4O11S. The Bertz CT molecular complexity index is 1790. The second-order valence-corrected chi connectivity index (χ2v) is 17.8. The van der Waals surface area contributed by atoms with Gasteiger partial charge in [0.15, 0.2) is 6.29 Å². The number of benzene rings is 1. The lowest BCUT2D eigenvalue weighted by atomic mass is 9.70. The second-order valence-electron chi connectivity index (χ2n) is 17.2. The van der Waals surface area contributed by atoms with Crippen LogP contribution in [0.4, 0.5) is 0 Å². The van der Waals surface area contributed by atoms with Gasteiger partial charge in [0.2, 0.25) is 0 Å². The molecule has 0 aliphatic carbocycles. The van der Waals surface area contributed by atoms with Crippen molar-refractivity contribution in [1.82, 2.24) is 13.6 Å². The molecule has 16 heteroatoms. The minimum Gasteiger partial charge on any atom is -0.458 e. The molecule has 15 nitrogen and oxygen atoms in total. The third-order valence-corrected chi connectivity index (χ3v) is 13.3. The monoisotopic (exact) mass is 816 g/mol. The van der Waals surface area contributed by atoms with E-state index in [0.29, 0.717) is 18.6 Å². The molecule has 2 bridgehead atoms. The van der Waals surface area contributed by atoms with Gasteiger partial charge in [-0.05, 0) is 67.1 Å². The van der Waals surface area contributed by atoms with Gasteiger partial charge in [0.1, 0.15) is 46.9 Å². The molecule has 0 radical (unpaired) electrons. The zero-order valence-electron chi connectivity index (χ0n) is 34.8. The summed E-state index contributed by atoms with van der Waals surface area (Å²) in [5, 5.41) is 16.2. The van der Waals surface area contributed by atoms with Crippen LogP contribution in [0, 0.1) is 29.6 Å². The number of esters is 2. The molecule has 316 valence electrons. The SMILES string of the molecule is CC[C@H]1OC(=O)[C@H](C)[C@H]2OC/C(=N/OCc3cccc4nsnc34)CO[C@](C)(C[C@@H](C)C(=O)[C@H](C)[C@@H]3CC(=O)O[C@]13C)[C@H](O[C@@H]1O[C@H](C)C[C@H](N(C)C)[C@H]1O)[C@@H]2C. The van der Waals surface area contributed by atoms with Crippen molar-refractivity contribution in [2.24, 2.45) is 34.7 Å². The van der Waals surface area contributed by atoms with E-state index in [-0.39, 0.29) is 50.6 Å². The van der Waals surface area contributed by atoms with E-state index in [1.54, 1.807) is 13.8 Å². The number of aliphatic hydroxyl groups is 1. The molecule has 1 aromatic heterocycles. The smallest absolute Gasteiger partial charge is 0.311 e. The number of carbonyl (C=O) groups excluding carboxylic acids is 3. The van der Waals surface area contributed by atoms with Crippen LogP contribution in [0.3, 0.4) is 0 Å². The fourth-order valence-corrected chi connectivity index (χ4v) is 10.1. The van der Waals surface area contributed by atoms with Crippen molar-refractivity contribution in [1.29, 1.82) is 0 Å². The number of cyclic esters (lactones) is 1. The summed E-state index contributed by atoms with van der Waals surface area (Å²) in [7, 11) is 3.81. The number of likely N-dealkylation sites (N-methyl/N-ethyl adjacent to an activating group) is 1. The predicted octanol–water partition coefficient (Wildman–Crippen LogP) is 4.71. The molecule has 4 aliphatic rings. The van der Waals surface area contributed by atoms with E-state index in [9.17, 15) is 19.5 Å². The Morgan fingerprint density at radius 3 is 2.53 bits per heavy atom. The molecule has 0 saturated carbocycles. The first-order valence-corrected chi connectivity index (χ1v) is 20.9. The Balaban J connectivity index is 1.41. The zero-order valence-corrected chi connectivity index (χ0v) is 35.7. The number of aromatic nitrogens is 2. The molecule has 0 spiro atoms. The van der Waals surface area contributed by atoms with Crippen LogP contribution < -0.4 is 0 Å². The number of ketones is 1. The summed E-state index contributed by atoms with van der Waals surface area (Å²) in [6, 6.07) is 5.42. The molecule has 57 heavy (non-hydrogen) atoms. The van der Waals surface area contributed by atoms with Gasteiger partial charge in [-0.3, -0.25) is 14.4 Å². The Labute approximate surface area is 339 Å². The summed E-state index contributed by atoms with van der Waals surface area (Å²) in [6.07, 6.45) is -3.68. The van der Waals surface area contributed by atoms with Gasteiger partial charge in [-0.25, -0.2) is 0 Å². The molecule has 2 aromatic rings. The number of hydrogen-bond donors (Lipinski definition) is 1. The molecule has 4 saturated heterocycles. The van der Waals surface area contributed by atoms with E-state index >= 15 is 0 Å². The summed E-state index contributed by atoms with van der Waals surface area (Å²) < 4.78 is 47.7. The lowest BCUT2D eigenvalue weighted by Crippen LogP contribution is -2.60.